The van der Waals surface area contributed by atoms with E-state index in [2.05, 4.69) is 0 Å². The lowest BCUT2D eigenvalue weighted by Gasteiger charge is -2.19. The highest BCUT2D eigenvalue weighted by Gasteiger charge is 2.44. The molecule has 0 spiro atoms. The van der Waals surface area contributed by atoms with Gasteiger partial charge < -0.3 is 4.74 Å². The molecule has 16 heavy (non-hydrogen) atoms. The minimum absolute atomic E-state index is 0.00878. The van der Waals surface area contributed by atoms with E-state index in [4.69, 9.17) is 4.74 Å². The molecule has 2 aliphatic carbocycles. The highest BCUT2D eigenvalue weighted by molar-refractivity contribution is 5.92. The Balaban J connectivity index is 1.77. The van der Waals surface area contributed by atoms with Crippen molar-refractivity contribution in [2.24, 2.45) is 11.8 Å². The molecule has 3 rings (SSSR count). The number of ketones is 1. The van der Waals surface area contributed by atoms with Gasteiger partial charge in [0.15, 0.2) is 0 Å². The largest absolute Gasteiger partial charge is 0.489 e. The number of fused-ring (bicyclic) bond motifs is 2. The monoisotopic (exact) mass is 214 g/mol. The molecule has 0 amide bonds. The van der Waals surface area contributed by atoms with Crippen molar-refractivity contribution in [2.75, 3.05) is 0 Å². The zero-order valence-corrected chi connectivity index (χ0v) is 9.22. The molecule has 0 aliphatic heterocycles. The summed E-state index contributed by atoms with van der Waals surface area (Å²) in [4.78, 5) is 11.7. The third kappa shape index (κ3) is 1.45. The van der Waals surface area contributed by atoms with Gasteiger partial charge in [-0.05, 0) is 31.0 Å². The molecule has 1 aromatic rings. The maximum Gasteiger partial charge on any atom is 0.150 e. The number of allylic oxidation sites excluding steroid dienone is 1. The second-order valence-corrected chi connectivity index (χ2v) is 4.63. The molecule has 1 aromatic carbocycles. The Morgan fingerprint density at radius 3 is 2.81 bits per heavy atom. The molecule has 1 fully saturated rings. The molecule has 1 saturated carbocycles. The number of carbonyl (C=O) groups is 1. The third-order valence-electron chi connectivity index (χ3n) is 3.41. The van der Waals surface area contributed by atoms with Gasteiger partial charge in [0.25, 0.3) is 0 Å². The van der Waals surface area contributed by atoms with Gasteiger partial charge in [-0.15, -0.1) is 0 Å². The number of rotatable bonds is 2. The average molecular weight is 214 g/mol. The van der Waals surface area contributed by atoms with Crippen LogP contribution in [0.15, 0.2) is 36.4 Å². The van der Waals surface area contributed by atoms with Crippen molar-refractivity contribution in [3.8, 4) is 5.75 Å². The number of Topliss-reactive ketones (excluding diaryl/α,β-unsaturated/α-hetero) is 1. The number of hydrogen-bond donors (Lipinski definition) is 0. The Kier molecular flexibility index (Phi) is 2.10. The summed E-state index contributed by atoms with van der Waals surface area (Å²) in [7, 11) is 0. The lowest BCUT2D eigenvalue weighted by atomic mass is 10.0. The van der Waals surface area contributed by atoms with E-state index in [9.17, 15) is 4.79 Å². The number of ether oxygens (including phenoxy) is 1. The second-order valence-electron chi connectivity index (χ2n) is 4.63. The average Bonchev–Trinajstić information content (AvgIpc) is 2.74. The summed E-state index contributed by atoms with van der Waals surface area (Å²) in [5.41, 5.74) is 1.18. The molecule has 82 valence electrons. The highest BCUT2D eigenvalue weighted by Crippen LogP contribution is 2.38. The first-order valence-corrected chi connectivity index (χ1v) is 5.69. The van der Waals surface area contributed by atoms with E-state index in [1.54, 1.807) is 0 Å². The van der Waals surface area contributed by atoms with Gasteiger partial charge in [0.1, 0.15) is 17.6 Å². The first kappa shape index (κ1) is 9.64. The fourth-order valence-corrected chi connectivity index (χ4v) is 2.57. The SMILES string of the molecule is Cc1cccc(OC2CC3C=CC2C3=O)c1. The maximum atomic E-state index is 11.7. The summed E-state index contributed by atoms with van der Waals surface area (Å²) in [5.74, 6) is 1.31. The molecule has 2 aliphatic rings. The Bertz CT molecular complexity index is 462. The van der Waals surface area contributed by atoms with Gasteiger partial charge in [0.2, 0.25) is 0 Å². The van der Waals surface area contributed by atoms with Crippen LogP contribution in [0.1, 0.15) is 12.0 Å². The maximum absolute atomic E-state index is 11.7. The van der Waals surface area contributed by atoms with Crippen LogP contribution >= 0.6 is 0 Å². The molecule has 2 bridgehead atoms. The molecule has 0 aromatic heterocycles. The highest BCUT2D eigenvalue weighted by atomic mass is 16.5. The number of benzene rings is 1. The summed E-state index contributed by atoms with van der Waals surface area (Å²) in [6, 6.07) is 7.99. The molecular weight excluding hydrogens is 200 g/mol. The molecular formula is C14H14O2. The zero-order chi connectivity index (χ0) is 11.1. The quantitative estimate of drug-likeness (QED) is 0.707. The van der Waals surface area contributed by atoms with Gasteiger partial charge in [-0.1, -0.05) is 24.3 Å². The standard InChI is InChI=1S/C14H14O2/c1-9-3-2-4-11(7-9)16-13-8-10-5-6-12(13)14(10)15/h2-7,10,12-13H,8H2,1H3. The fourth-order valence-electron chi connectivity index (χ4n) is 2.57. The van der Waals surface area contributed by atoms with Crippen molar-refractivity contribution >= 4 is 5.78 Å². The number of carbonyl (C=O) groups excluding carboxylic acids is 1. The van der Waals surface area contributed by atoms with Crippen molar-refractivity contribution in [1.29, 1.82) is 0 Å². The molecule has 2 heteroatoms. The molecule has 2 nitrogen and oxygen atoms in total. The normalized spacial score (nSPS) is 31.1. The van der Waals surface area contributed by atoms with Gasteiger partial charge >= 0.3 is 0 Å². The van der Waals surface area contributed by atoms with Crippen LogP contribution in [0.4, 0.5) is 0 Å². The molecule has 3 unspecified atom stereocenters. The Hall–Kier alpha value is -1.57. The van der Waals surface area contributed by atoms with E-state index in [0.29, 0.717) is 5.78 Å². The van der Waals surface area contributed by atoms with E-state index in [0.717, 1.165) is 12.2 Å². The van der Waals surface area contributed by atoms with Crippen LogP contribution in [0, 0.1) is 18.8 Å². The molecule has 0 N–H and O–H groups in total. The van der Waals surface area contributed by atoms with Crippen LogP contribution in [0.3, 0.4) is 0 Å². The predicted octanol–water partition coefficient (Wildman–Crippen LogP) is 2.52. The van der Waals surface area contributed by atoms with Gasteiger partial charge in [0, 0.05) is 5.92 Å². The van der Waals surface area contributed by atoms with Crippen LogP contribution < -0.4 is 4.74 Å². The smallest absolute Gasteiger partial charge is 0.150 e. The van der Waals surface area contributed by atoms with Gasteiger partial charge in [-0.2, -0.15) is 0 Å². The first-order valence-electron chi connectivity index (χ1n) is 5.69. The summed E-state index contributed by atoms with van der Waals surface area (Å²) in [5, 5.41) is 0. The summed E-state index contributed by atoms with van der Waals surface area (Å²) >= 11 is 0. The van der Waals surface area contributed by atoms with Crippen molar-refractivity contribution in [1.82, 2.24) is 0 Å². The molecule has 0 heterocycles. The van der Waals surface area contributed by atoms with Gasteiger partial charge in [-0.3, -0.25) is 4.79 Å². The first-order chi connectivity index (χ1) is 7.74. The lowest BCUT2D eigenvalue weighted by molar-refractivity contribution is -0.121. The van der Waals surface area contributed by atoms with E-state index < -0.39 is 0 Å². The van der Waals surface area contributed by atoms with Crippen molar-refractivity contribution < 1.29 is 9.53 Å². The van der Waals surface area contributed by atoms with E-state index in [1.807, 2.05) is 43.3 Å². The molecule has 0 radical (unpaired) electrons. The number of hydrogen-bond acceptors (Lipinski definition) is 2. The van der Waals surface area contributed by atoms with E-state index >= 15 is 0 Å². The van der Waals surface area contributed by atoms with Crippen LogP contribution in [0.5, 0.6) is 5.75 Å². The van der Waals surface area contributed by atoms with Crippen LogP contribution in [0.25, 0.3) is 0 Å². The van der Waals surface area contributed by atoms with Gasteiger partial charge in [0.05, 0.1) is 5.92 Å². The molecule has 0 saturated heterocycles. The van der Waals surface area contributed by atoms with Crippen molar-refractivity contribution in [3.63, 3.8) is 0 Å². The predicted molar refractivity (Wildman–Crippen MR) is 61.3 cm³/mol. The van der Waals surface area contributed by atoms with Crippen molar-refractivity contribution in [2.45, 2.75) is 19.4 Å². The fraction of sp³-hybridized carbons (Fsp3) is 0.357. The van der Waals surface area contributed by atoms with E-state index in [1.165, 1.54) is 5.56 Å². The topological polar surface area (TPSA) is 26.3 Å². The minimum atomic E-state index is -0.00878. The Morgan fingerprint density at radius 2 is 2.19 bits per heavy atom. The van der Waals surface area contributed by atoms with Gasteiger partial charge in [-0.25, -0.2) is 0 Å². The Labute approximate surface area is 94.9 Å². The zero-order valence-electron chi connectivity index (χ0n) is 9.22. The summed E-state index contributed by atoms with van der Waals surface area (Å²) in [6.07, 6.45) is 4.90. The Morgan fingerprint density at radius 1 is 1.31 bits per heavy atom. The minimum Gasteiger partial charge on any atom is -0.489 e. The molecule has 3 atom stereocenters. The van der Waals surface area contributed by atoms with E-state index in [-0.39, 0.29) is 17.9 Å². The van der Waals surface area contributed by atoms with Crippen molar-refractivity contribution in [3.05, 3.63) is 42.0 Å². The second kappa shape index (κ2) is 3.48. The third-order valence-corrected chi connectivity index (χ3v) is 3.41. The summed E-state index contributed by atoms with van der Waals surface area (Å²) < 4.78 is 5.89. The lowest BCUT2D eigenvalue weighted by Crippen LogP contribution is -2.23. The number of aryl methyl sites for hydroxylation is 1. The van der Waals surface area contributed by atoms with Crippen LogP contribution in [-0.2, 0) is 4.79 Å². The van der Waals surface area contributed by atoms with Crippen LogP contribution in [-0.4, -0.2) is 11.9 Å². The van der Waals surface area contributed by atoms with Crippen LogP contribution in [0.2, 0.25) is 0 Å². The summed E-state index contributed by atoms with van der Waals surface area (Å²) in [6.45, 7) is 2.04.